The Bertz CT molecular complexity index is 544. The Balaban J connectivity index is 2.05. The number of pyridine rings is 1. The molecule has 1 fully saturated rings. The molecule has 0 radical (unpaired) electrons. The molecule has 1 aliphatic carbocycles. The molecule has 0 spiro atoms. The van der Waals surface area contributed by atoms with Gasteiger partial charge in [0, 0.05) is 22.6 Å². The zero-order valence-electron chi connectivity index (χ0n) is 9.78. The lowest BCUT2D eigenvalue weighted by Crippen LogP contribution is -2.43. The van der Waals surface area contributed by atoms with Gasteiger partial charge in [0.1, 0.15) is 0 Å². The van der Waals surface area contributed by atoms with Crippen molar-refractivity contribution in [1.82, 2.24) is 19.9 Å². The van der Waals surface area contributed by atoms with Crippen LogP contribution in [0.25, 0.3) is 5.65 Å². The van der Waals surface area contributed by atoms with Crippen LogP contribution in [0.5, 0.6) is 0 Å². The second-order valence-corrected chi connectivity index (χ2v) is 5.66. The molecule has 1 N–H and O–H groups in total. The summed E-state index contributed by atoms with van der Waals surface area (Å²) in [5.41, 5.74) is 1.07. The van der Waals surface area contributed by atoms with Crippen LogP contribution in [0.3, 0.4) is 0 Å². The number of fused-ring (bicyclic) bond motifs is 1. The summed E-state index contributed by atoms with van der Waals surface area (Å²) < 4.78 is 2.90. The minimum atomic E-state index is 0.160. The van der Waals surface area contributed by atoms with Crippen LogP contribution in [0.4, 0.5) is 0 Å². The maximum Gasteiger partial charge on any atom is 0.159 e. The highest BCUT2D eigenvalue weighted by Crippen LogP contribution is 2.41. The van der Waals surface area contributed by atoms with E-state index in [4.69, 9.17) is 0 Å². The van der Waals surface area contributed by atoms with Gasteiger partial charge in [-0.1, -0.05) is 22.4 Å². The van der Waals surface area contributed by atoms with Crippen molar-refractivity contribution in [2.24, 2.45) is 0 Å². The predicted molar refractivity (Wildman–Crippen MR) is 70.1 cm³/mol. The number of nitrogens with one attached hydrogen (secondary N) is 1. The van der Waals surface area contributed by atoms with Gasteiger partial charge in [-0.2, -0.15) is 5.10 Å². The zero-order valence-corrected chi connectivity index (χ0v) is 11.4. The van der Waals surface area contributed by atoms with E-state index in [9.17, 15) is 0 Å². The fourth-order valence-corrected chi connectivity index (χ4v) is 2.83. The summed E-state index contributed by atoms with van der Waals surface area (Å²) in [7, 11) is 1.99. The summed E-state index contributed by atoms with van der Waals surface area (Å²) >= 11 is 3.46. The predicted octanol–water partition coefficient (Wildman–Crippen LogP) is 2.13. The van der Waals surface area contributed by atoms with E-state index in [-0.39, 0.29) is 5.41 Å². The van der Waals surface area contributed by atoms with Gasteiger partial charge in [0.2, 0.25) is 0 Å². The van der Waals surface area contributed by atoms with Crippen LogP contribution in [0.15, 0.2) is 22.8 Å². The van der Waals surface area contributed by atoms with Crippen molar-refractivity contribution in [3.8, 4) is 0 Å². The van der Waals surface area contributed by atoms with Crippen LogP contribution in [-0.2, 0) is 5.41 Å². The van der Waals surface area contributed by atoms with Gasteiger partial charge in [0.25, 0.3) is 0 Å². The Hall–Kier alpha value is -0.940. The molecule has 0 saturated heterocycles. The summed E-state index contributed by atoms with van der Waals surface area (Å²) in [5, 5.41) is 7.88. The van der Waals surface area contributed by atoms with Gasteiger partial charge in [-0.3, -0.25) is 0 Å². The smallest absolute Gasteiger partial charge is 0.159 e. The average Bonchev–Trinajstić information content (AvgIpc) is 2.66. The molecule has 5 heteroatoms. The first kappa shape index (κ1) is 11.2. The van der Waals surface area contributed by atoms with Crippen LogP contribution in [-0.4, -0.2) is 28.2 Å². The monoisotopic (exact) mass is 294 g/mol. The van der Waals surface area contributed by atoms with Crippen molar-refractivity contribution in [2.45, 2.75) is 24.7 Å². The summed E-state index contributed by atoms with van der Waals surface area (Å²) in [5.74, 6) is 0.983. The molecule has 0 amide bonds. The highest BCUT2D eigenvalue weighted by atomic mass is 79.9. The van der Waals surface area contributed by atoms with Gasteiger partial charge in [0.05, 0.1) is 0 Å². The summed E-state index contributed by atoms with van der Waals surface area (Å²) in [6.45, 7) is 0.963. The molecule has 1 saturated carbocycles. The molecule has 4 nitrogen and oxygen atoms in total. The highest BCUT2D eigenvalue weighted by molar-refractivity contribution is 9.10. The fraction of sp³-hybridized carbons (Fsp3) is 0.500. The Morgan fingerprint density at radius 2 is 2.35 bits per heavy atom. The third-order valence-corrected chi connectivity index (χ3v) is 4.09. The molecular weight excluding hydrogens is 280 g/mol. The van der Waals surface area contributed by atoms with Crippen LogP contribution < -0.4 is 5.32 Å². The van der Waals surface area contributed by atoms with Crippen LogP contribution >= 0.6 is 15.9 Å². The van der Waals surface area contributed by atoms with Crippen LogP contribution in [0.1, 0.15) is 25.1 Å². The molecule has 1 aliphatic rings. The minimum Gasteiger partial charge on any atom is -0.319 e. The molecule has 90 valence electrons. The Morgan fingerprint density at radius 1 is 1.53 bits per heavy atom. The molecule has 0 aliphatic heterocycles. The number of hydrogen-bond acceptors (Lipinski definition) is 3. The Labute approximate surface area is 109 Å². The normalized spacial score (nSPS) is 18.2. The van der Waals surface area contributed by atoms with Gasteiger partial charge in [-0.05, 0) is 32.0 Å². The molecular formula is C12H15BrN4. The first-order valence-corrected chi connectivity index (χ1v) is 6.70. The molecule has 0 atom stereocenters. The van der Waals surface area contributed by atoms with Crippen molar-refractivity contribution in [2.75, 3.05) is 13.6 Å². The SMILES string of the molecule is CNCC1(c2nc3cc(Br)ccn3n2)CCC1. The molecule has 17 heavy (non-hydrogen) atoms. The summed E-state index contributed by atoms with van der Waals surface area (Å²) in [6, 6.07) is 3.99. The molecule has 0 unspecified atom stereocenters. The Kier molecular flexibility index (Phi) is 2.67. The summed E-state index contributed by atoms with van der Waals surface area (Å²) in [4.78, 5) is 4.67. The van der Waals surface area contributed by atoms with E-state index in [1.54, 1.807) is 0 Å². The van der Waals surface area contributed by atoms with Crippen molar-refractivity contribution >= 4 is 21.6 Å². The van der Waals surface area contributed by atoms with Gasteiger partial charge in [-0.15, -0.1) is 0 Å². The number of rotatable bonds is 3. The highest BCUT2D eigenvalue weighted by Gasteiger charge is 2.41. The van der Waals surface area contributed by atoms with Crippen molar-refractivity contribution in [1.29, 1.82) is 0 Å². The second kappa shape index (κ2) is 4.07. The number of halogens is 1. The quantitative estimate of drug-likeness (QED) is 0.943. The zero-order chi connectivity index (χ0) is 11.9. The van der Waals surface area contributed by atoms with E-state index < -0.39 is 0 Å². The van der Waals surface area contributed by atoms with E-state index >= 15 is 0 Å². The maximum absolute atomic E-state index is 4.67. The average molecular weight is 295 g/mol. The van der Waals surface area contributed by atoms with E-state index in [1.807, 2.05) is 29.9 Å². The van der Waals surface area contributed by atoms with Crippen molar-refractivity contribution in [3.05, 3.63) is 28.6 Å². The minimum absolute atomic E-state index is 0.160. The first-order chi connectivity index (χ1) is 8.23. The largest absolute Gasteiger partial charge is 0.319 e. The standard InChI is InChI=1S/C12H15BrN4/c1-14-8-12(4-2-5-12)11-15-10-7-9(13)3-6-17(10)16-11/h3,6-7,14H,2,4-5,8H2,1H3. The molecule has 3 rings (SSSR count). The molecule has 2 heterocycles. The number of hydrogen-bond donors (Lipinski definition) is 1. The van der Waals surface area contributed by atoms with E-state index in [1.165, 1.54) is 19.3 Å². The molecule has 2 aromatic rings. The molecule has 0 aromatic carbocycles. The maximum atomic E-state index is 4.67. The van der Waals surface area contributed by atoms with E-state index in [2.05, 4.69) is 31.3 Å². The first-order valence-electron chi connectivity index (χ1n) is 5.91. The Morgan fingerprint density at radius 3 is 3.00 bits per heavy atom. The van der Waals surface area contributed by atoms with Crippen LogP contribution in [0, 0.1) is 0 Å². The topological polar surface area (TPSA) is 42.2 Å². The number of aromatic nitrogens is 3. The third kappa shape index (κ3) is 1.77. The van der Waals surface area contributed by atoms with E-state index in [0.29, 0.717) is 0 Å². The second-order valence-electron chi connectivity index (χ2n) is 4.75. The lowest BCUT2D eigenvalue weighted by molar-refractivity contribution is 0.225. The third-order valence-electron chi connectivity index (χ3n) is 3.60. The van der Waals surface area contributed by atoms with Gasteiger partial charge >= 0.3 is 0 Å². The fourth-order valence-electron chi connectivity index (χ4n) is 2.50. The van der Waals surface area contributed by atoms with Gasteiger partial charge in [-0.25, -0.2) is 9.50 Å². The number of likely N-dealkylation sites (N-methyl/N-ethyl adjacent to an activating group) is 1. The van der Waals surface area contributed by atoms with E-state index in [0.717, 1.165) is 22.5 Å². The molecule has 0 bridgehead atoms. The lowest BCUT2D eigenvalue weighted by Gasteiger charge is -2.39. The van der Waals surface area contributed by atoms with Crippen molar-refractivity contribution in [3.63, 3.8) is 0 Å². The van der Waals surface area contributed by atoms with Gasteiger partial charge in [0.15, 0.2) is 11.5 Å². The van der Waals surface area contributed by atoms with Gasteiger partial charge < -0.3 is 5.32 Å². The van der Waals surface area contributed by atoms with Crippen LogP contribution in [0.2, 0.25) is 0 Å². The molecule has 2 aromatic heterocycles. The summed E-state index contributed by atoms with van der Waals surface area (Å²) in [6.07, 6.45) is 5.60. The van der Waals surface area contributed by atoms with Crippen molar-refractivity contribution < 1.29 is 0 Å². The lowest BCUT2D eigenvalue weighted by atomic mass is 9.68. The number of nitrogens with zero attached hydrogens (tertiary/aromatic N) is 3.